The van der Waals surface area contributed by atoms with E-state index in [2.05, 4.69) is 4.98 Å². The average molecular weight is 420 g/mol. The molecule has 1 aromatic heterocycles. The number of hydrogen-bond acceptors (Lipinski definition) is 7. The molecule has 0 spiro atoms. The van der Waals surface area contributed by atoms with Crippen LogP contribution in [0.5, 0.6) is 5.75 Å². The molecule has 0 bridgehead atoms. The van der Waals surface area contributed by atoms with Gasteiger partial charge in [0.1, 0.15) is 5.75 Å². The normalized spacial score (nSPS) is 13.2. The highest BCUT2D eigenvalue weighted by Gasteiger charge is 2.35. The van der Waals surface area contributed by atoms with E-state index in [4.69, 9.17) is 9.15 Å². The molecule has 8 heteroatoms. The van der Waals surface area contributed by atoms with Crippen LogP contribution in [0.2, 0.25) is 0 Å². The molecule has 0 radical (unpaired) electrons. The predicted octanol–water partition coefficient (Wildman–Crippen LogP) is 3.42. The van der Waals surface area contributed by atoms with Gasteiger partial charge in [-0.3, -0.25) is 19.3 Å². The molecular weight excluding hydrogens is 400 g/mol. The molecule has 31 heavy (non-hydrogen) atoms. The smallest absolute Gasteiger partial charge is 0.347 e. The van der Waals surface area contributed by atoms with Gasteiger partial charge >= 0.3 is 11.6 Å². The number of imide groups is 1. The minimum atomic E-state index is -0.657. The second-order valence-corrected chi connectivity index (χ2v) is 7.78. The summed E-state index contributed by atoms with van der Waals surface area (Å²) in [5.74, 6) is -0.591. The first-order valence-electron chi connectivity index (χ1n) is 9.88. The van der Waals surface area contributed by atoms with Crippen LogP contribution in [0.1, 0.15) is 47.9 Å². The van der Waals surface area contributed by atoms with Crippen molar-refractivity contribution in [2.24, 2.45) is 5.92 Å². The number of carbonyl (C=O) groups excluding carboxylic acids is 3. The minimum Gasteiger partial charge on any atom is -0.427 e. The Morgan fingerprint density at radius 3 is 2.52 bits per heavy atom. The van der Waals surface area contributed by atoms with Crippen LogP contribution < -0.4 is 10.4 Å². The van der Waals surface area contributed by atoms with Crippen molar-refractivity contribution in [3.8, 4) is 17.2 Å². The average Bonchev–Trinajstić information content (AvgIpc) is 2.96. The fraction of sp³-hybridized carbons (Fsp3) is 0.261. The van der Waals surface area contributed by atoms with E-state index in [1.807, 2.05) is 13.8 Å². The van der Waals surface area contributed by atoms with Crippen molar-refractivity contribution in [3.05, 3.63) is 57.9 Å². The first-order valence-corrected chi connectivity index (χ1v) is 9.88. The highest BCUT2D eigenvalue weighted by Crippen LogP contribution is 2.29. The molecule has 3 aromatic rings. The number of ether oxygens (including phenoxy) is 1. The molecule has 0 saturated heterocycles. The third-order valence-electron chi connectivity index (χ3n) is 5.01. The zero-order valence-corrected chi connectivity index (χ0v) is 17.3. The molecule has 2 aromatic carbocycles. The maximum absolute atomic E-state index is 12.8. The summed E-state index contributed by atoms with van der Waals surface area (Å²) in [6.07, 6.45) is 0.717. The van der Waals surface area contributed by atoms with Crippen molar-refractivity contribution in [2.75, 3.05) is 6.54 Å². The van der Waals surface area contributed by atoms with Crippen LogP contribution in [-0.4, -0.2) is 34.2 Å². The lowest BCUT2D eigenvalue weighted by Gasteiger charge is -2.14. The standard InChI is InChI=1S/C23H20N2O6/c1-12(2)8-9-25-21(27)16-6-4-14(10-17(16)22(25)28)20-24-19-7-5-15(30-13(3)26)11-18(19)23(29)31-20/h4-7,10-12H,8-9H2,1-3H3. The molecule has 8 nitrogen and oxygen atoms in total. The van der Waals surface area contributed by atoms with E-state index in [0.29, 0.717) is 29.1 Å². The summed E-state index contributed by atoms with van der Waals surface area (Å²) in [4.78, 5) is 54.6. The zero-order chi connectivity index (χ0) is 22.3. The molecule has 0 saturated carbocycles. The highest BCUT2D eigenvalue weighted by atomic mass is 16.5. The van der Waals surface area contributed by atoms with Crippen molar-refractivity contribution in [1.29, 1.82) is 0 Å². The van der Waals surface area contributed by atoms with Gasteiger partial charge in [0, 0.05) is 19.0 Å². The number of carbonyl (C=O) groups is 3. The summed E-state index contributed by atoms with van der Waals surface area (Å²) in [5.41, 5.74) is 0.695. The van der Waals surface area contributed by atoms with Crippen LogP contribution in [0, 0.1) is 5.92 Å². The molecule has 0 aliphatic carbocycles. The van der Waals surface area contributed by atoms with Gasteiger partial charge in [-0.25, -0.2) is 9.78 Å². The molecule has 0 N–H and O–H groups in total. The number of benzene rings is 2. The van der Waals surface area contributed by atoms with Crippen molar-refractivity contribution in [2.45, 2.75) is 27.2 Å². The number of nitrogens with zero attached hydrogens (tertiary/aromatic N) is 2. The van der Waals surface area contributed by atoms with Crippen LogP contribution in [0.25, 0.3) is 22.4 Å². The van der Waals surface area contributed by atoms with Gasteiger partial charge in [0.2, 0.25) is 5.89 Å². The molecule has 1 aliphatic rings. The van der Waals surface area contributed by atoms with Crippen molar-refractivity contribution >= 4 is 28.7 Å². The lowest BCUT2D eigenvalue weighted by Crippen LogP contribution is -2.31. The molecule has 1 aliphatic heterocycles. The first kappa shape index (κ1) is 20.5. The number of fused-ring (bicyclic) bond motifs is 2. The van der Waals surface area contributed by atoms with Crippen molar-refractivity contribution < 1.29 is 23.5 Å². The number of hydrogen-bond donors (Lipinski definition) is 0. The van der Waals surface area contributed by atoms with E-state index in [1.165, 1.54) is 30.0 Å². The molecule has 0 fully saturated rings. The molecule has 2 amide bonds. The van der Waals surface area contributed by atoms with Crippen LogP contribution in [0.15, 0.2) is 45.6 Å². The van der Waals surface area contributed by atoms with Crippen LogP contribution in [0.4, 0.5) is 0 Å². The van der Waals surface area contributed by atoms with E-state index in [0.717, 1.165) is 6.42 Å². The third kappa shape index (κ3) is 3.84. The SMILES string of the molecule is CC(=O)Oc1ccc2nc(-c3ccc4c(c3)C(=O)N(CCC(C)C)C4=O)oc(=O)c2c1. The zero-order valence-electron chi connectivity index (χ0n) is 17.3. The Hall–Kier alpha value is -3.81. The van der Waals surface area contributed by atoms with E-state index < -0.39 is 11.6 Å². The van der Waals surface area contributed by atoms with Crippen LogP contribution in [0.3, 0.4) is 0 Å². The van der Waals surface area contributed by atoms with Gasteiger partial charge in [0.15, 0.2) is 0 Å². The fourth-order valence-electron chi connectivity index (χ4n) is 3.42. The Kier molecular flexibility index (Phi) is 5.14. The molecule has 158 valence electrons. The molecule has 0 atom stereocenters. The van der Waals surface area contributed by atoms with Gasteiger partial charge in [0.25, 0.3) is 11.8 Å². The monoisotopic (exact) mass is 420 g/mol. The Labute approximate surface area is 177 Å². The number of esters is 1. The molecule has 0 unspecified atom stereocenters. The van der Waals surface area contributed by atoms with Gasteiger partial charge in [-0.15, -0.1) is 0 Å². The third-order valence-corrected chi connectivity index (χ3v) is 5.01. The first-order chi connectivity index (χ1) is 14.7. The van der Waals surface area contributed by atoms with Gasteiger partial charge in [0.05, 0.1) is 22.0 Å². The number of amides is 2. The highest BCUT2D eigenvalue weighted by molar-refractivity contribution is 6.21. The largest absolute Gasteiger partial charge is 0.427 e. The summed E-state index contributed by atoms with van der Waals surface area (Å²) >= 11 is 0. The summed E-state index contributed by atoms with van der Waals surface area (Å²) < 4.78 is 10.3. The maximum atomic E-state index is 12.8. The lowest BCUT2D eigenvalue weighted by molar-refractivity contribution is -0.131. The van der Waals surface area contributed by atoms with E-state index in [1.54, 1.807) is 18.2 Å². The summed E-state index contributed by atoms with van der Waals surface area (Å²) in [6.45, 7) is 5.67. The Morgan fingerprint density at radius 2 is 1.81 bits per heavy atom. The number of rotatable bonds is 5. The van der Waals surface area contributed by atoms with Crippen LogP contribution >= 0.6 is 0 Å². The van der Waals surface area contributed by atoms with Gasteiger partial charge in [-0.05, 0) is 48.7 Å². The predicted molar refractivity (Wildman–Crippen MR) is 112 cm³/mol. The molecular formula is C23H20N2O6. The minimum absolute atomic E-state index is 0.0291. The summed E-state index contributed by atoms with van der Waals surface area (Å²) in [5, 5.41) is 0.162. The quantitative estimate of drug-likeness (QED) is 0.354. The van der Waals surface area contributed by atoms with E-state index >= 15 is 0 Å². The van der Waals surface area contributed by atoms with Crippen molar-refractivity contribution in [3.63, 3.8) is 0 Å². The maximum Gasteiger partial charge on any atom is 0.347 e. The molecule has 4 rings (SSSR count). The second kappa shape index (κ2) is 7.79. The summed E-state index contributed by atoms with van der Waals surface area (Å²) in [7, 11) is 0. The van der Waals surface area contributed by atoms with Crippen molar-refractivity contribution in [1.82, 2.24) is 9.88 Å². The van der Waals surface area contributed by atoms with Gasteiger partial charge < -0.3 is 9.15 Å². The molecule has 2 heterocycles. The number of aromatic nitrogens is 1. The Morgan fingerprint density at radius 1 is 1.06 bits per heavy atom. The van der Waals surface area contributed by atoms with E-state index in [9.17, 15) is 19.2 Å². The second-order valence-electron chi connectivity index (χ2n) is 7.78. The summed E-state index contributed by atoms with van der Waals surface area (Å²) in [6, 6.07) is 9.13. The Bertz CT molecular complexity index is 1290. The fourth-order valence-corrected chi connectivity index (χ4v) is 3.42. The Balaban J connectivity index is 1.70. The topological polar surface area (TPSA) is 107 Å². The van der Waals surface area contributed by atoms with Crippen LogP contribution in [-0.2, 0) is 4.79 Å². The van der Waals surface area contributed by atoms with E-state index in [-0.39, 0.29) is 34.4 Å². The van der Waals surface area contributed by atoms with Gasteiger partial charge in [-0.1, -0.05) is 13.8 Å². The van der Waals surface area contributed by atoms with Gasteiger partial charge in [-0.2, -0.15) is 0 Å². The lowest BCUT2D eigenvalue weighted by atomic mass is 10.1.